The lowest BCUT2D eigenvalue weighted by Gasteiger charge is -2.18. The molecular formula is C18H20N2O3. The van der Waals surface area contributed by atoms with Gasteiger partial charge in [0.1, 0.15) is 0 Å². The Hall–Kier alpha value is -2.69. The summed E-state index contributed by atoms with van der Waals surface area (Å²) in [6.07, 6.45) is 0.765. The second-order valence-corrected chi connectivity index (χ2v) is 5.60. The first-order valence-electron chi connectivity index (χ1n) is 7.54. The lowest BCUT2D eigenvalue weighted by molar-refractivity contribution is -0.385. The highest BCUT2D eigenvalue weighted by atomic mass is 16.6. The van der Waals surface area contributed by atoms with Gasteiger partial charge < -0.3 is 5.32 Å². The van der Waals surface area contributed by atoms with E-state index >= 15 is 0 Å². The van der Waals surface area contributed by atoms with Gasteiger partial charge in [-0.15, -0.1) is 0 Å². The number of carbonyl (C=O) groups excluding carboxylic acids is 1. The first-order chi connectivity index (χ1) is 10.9. The minimum absolute atomic E-state index is 0.0205. The predicted molar refractivity (Wildman–Crippen MR) is 89.5 cm³/mol. The zero-order valence-corrected chi connectivity index (χ0v) is 13.5. The zero-order chi connectivity index (χ0) is 17.0. The van der Waals surface area contributed by atoms with E-state index in [1.807, 2.05) is 38.1 Å². The van der Waals surface area contributed by atoms with Gasteiger partial charge in [0.05, 0.1) is 11.0 Å². The number of benzene rings is 2. The molecule has 1 atom stereocenters. The molecule has 2 aromatic carbocycles. The Morgan fingerprint density at radius 1 is 1.17 bits per heavy atom. The molecule has 0 saturated heterocycles. The Balaban J connectivity index is 2.18. The molecule has 0 aliphatic carbocycles. The van der Waals surface area contributed by atoms with E-state index in [-0.39, 0.29) is 17.6 Å². The quantitative estimate of drug-likeness (QED) is 0.667. The Bertz CT molecular complexity index is 724. The molecule has 0 fully saturated rings. The van der Waals surface area contributed by atoms with Gasteiger partial charge in [0.15, 0.2) is 0 Å². The standard InChI is InChI=1S/C18H20N2O3/c1-4-16(14-7-5-12(2)6-8-14)19-18(21)15-9-10-17(20(22)23)13(3)11-15/h5-11,16H,4H2,1-3H3,(H,19,21). The van der Waals surface area contributed by atoms with Gasteiger partial charge in [0.25, 0.3) is 11.6 Å². The summed E-state index contributed by atoms with van der Waals surface area (Å²) in [5.74, 6) is -0.226. The van der Waals surface area contributed by atoms with Crippen LogP contribution in [0.4, 0.5) is 5.69 Å². The third-order valence-corrected chi connectivity index (χ3v) is 3.85. The number of nitro groups is 1. The molecule has 0 aliphatic rings. The van der Waals surface area contributed by atoms with Crippen molar-refractivity contribution in [2.45, 2.75) is 33.2 Å². The van der Waals surface area contributed by atoms with Crippen LogP contribution in [0, 0.1) is 24.0 Å². The summed E-state index contributed by atoms with van der Waals surface area (Å²) in [5.41, 5.74) is 3.14. The molecule has 0 radical (unpaired) electrons. The van der Waals surface area contributed by atoms with Crippen molar-refractivity contribution in [3.8, 4) is 0 Å². The van der Waals surface area contributed by atoms with Crippen LogP contribution >= 0.6 is 0 Å². The van der Waals surface area contributed by atoms with Crippen LogP contribution in [0.1, 0.15) is 46.4 Å². The highest BCUT2D eigenvalue weighted by molar-refractivity contribution is 5.95. The Morgan fingerprint density at radius 3 is 2.35 bits per heavy atom. The molecule has 0 heterocycles. The summed E-state index contributed by atoms with van der Waals surface area (Å²) in [6.45, 7) is 5.65. The van der Waals surface area contributed by atoms with Gasteiger partial charge in [0, 0.05) is 17.2 Å². The minimum atomic E-state index is -0.446. The molecule has 2 aromatic rings. The average molecular weight is 312 g/mol. The number of nitro benzene ring substituents is 1. The second-order valence-electron chi connectivity index (χ2n) is 5.60. The van der Waals surface area contributed by atoms with E-state index in [0.29, 0.717) is 11.1 Å². The molecule has 5 nitrogen and oxygen atoms in total. The smallest absolute Gasteiger partial charge is 0.272 e. The van der Waals surface area contributed by atoms with Crippen molar-refractivity contribution in [3.05, 3.63) is 74.8 Å². The number of carbonyl (C=O) groups is 1. The van der Waals surface area contributed by atoms with Crippen LogP contribution in [0.3, 0.4) is 0 Å². The maximum atomic E-state index is 12.4. The van der Waals surface area contributed by atoms with Gasteiger partial charge in [-0.25, -0.2) is 0 Å². The summed E-state index contributed by atoms with van der Waals surface area (Å²) in [7, 11) is 0. The highest BCUT2D eigenvalue weighted by Crippen LogP contribution is 2.21. The van der Waals surface area contributed by atoms with Gasteiger partial charge >= 0.3 is 0 Å². The maximum absolute atomic E-state index is 12.4. The Kier molecular flexibility index (Phi) is 5.11. The van der Waals surface area contributed by atoms with Crippen LogP contribution in [0.25, 0.3) is 0 Å². The maximum Gasteiger partial charge on any atom is 0.272 e. The summed E-state index contributed by atoms with van der Waals surface area (Å²) in [5, 5.41) is 13.8. The van der Waals surface area contributed by atoms with Gasteiger partial charge in [0.2, 0.25) is 0 Å². The minimum Gasteiger partial charge on any atom is -0.345 e. The van der Waals surface area contributed by atoms with Crippen LogP contribution in [0.2, 0.25) is 0 Å². The van der Waals surface area contributed by atoms with Gasteiger partial charge in [-0.05, 0) is 38.0 Å². The lowest BCUT2D eigenvalue weighted by atomic mass is 10.0. The summed E-state index contributed by atoms with van der Waals surface area (Å²) in [6, 6.07) is 12.4. The number of nitrogens with zero attached hydrogens (tertiary/aromatic N) is 1. The van der Waals surface area contributed by atoms with Crippen molar-refractivity contribution in [2.24, 2.45) is 0 Å². The number of hydrogen-bond acceptors (Lipinski definition) is 3. The predicted octanol–water partition coefficient (Wildman–Crippen LogP) is 4.09. The van der Waals surface area contributed by atoms with Crippen molar-refractivity contribution >= 4 is 11.6 Å². The molecule has 1 N–H and O–H groups in total. The molecule has 2 rings (SSSR count). The molecule has 120 valence electrons. The van der Waals surface area contributed by atoms with Crippen LogP contribution in [-0.4, -0.2) is 10.8 Å². The molecule has 0 aliphatic heterocycles. The topological polar surface area (TPSA) is 72.2 Å². The zero-order valence-electron chi connectivity index (χ0n) is 13.5. The third-order valence-electron chi connectivity index (χ3n) is 3.85. The Labute approximate surface area is 135 Å². The van der Waals surface area contributed by atoms with E-state index in [0.717, 1.165) is 12.0 Å². The largest absolute Gasteiger partial charge is 0.345 e. The van der Waals surface area contributed by atoms with E-state index in [9.17, 15) is 14.9 Å². The molecule has 0 bridgehead atoms. The molecule has 23 heavy (non-hydrogen) atoms. The summed E-state index contributed by atoms with van der Waals surface area (Å²) in [4.78, 5) is 22.8. The molecule has 1 amide bonds. The fourth-order valence-electron chi connectivity index (χ4n) is 2.46. The van der Waals surface area contributed by atoms with Gasteiger partial charge in [-0.1, -0.05) is 36.8 Å². The van der Waals surface area contributed by atoms with Crippen LogP contribution in [0.5, 0.6) is 0 Å². The van der Waals surface area contributed by atoms with Crippen LogP contribution in [0.15, 0.2) is 42.5 Å². The molecule has 1 unspecified atom stereocenters. The fraction of sp³-hybridized carbons (Fsp3) is 0.278. The van der Waals surface area contributed by atoms with Crippen molar-refractivity contribution in [1.82, 2.24) is 5.32 Å². The Morgan fingerprint density at radius 2 is 1.83 bits per heavy atom. The summed E-state index contributed by atoms with van der Waals surface area (Å²) >= 11 is 0. The first-order valence-corrected chi connectivity index (χ1v) is 7.54. The first kappa shape index (κ1) is 16.7. The average Bonchev–Trinajstić information content (AvgIpc) is 2.52. The number of rotatable bonds is 5. The molecule has 5 heteroatoms. The monoisotopic (exact) mass is 312 g/mol. The van der Waals surface area contributed by atoms with Crippen molar-refractivity contribution in [2.75, 3.05) is 0 Å². The molecule has 0 aromatic heterocycles. The van der Waals surface area contributed by atoms with Gasteiger partial charge in [-0.2, -0.15) is 0 Å². The number of amides is 1. The van der Waals surface area contributed by atoms with Crippen LogP contribution in [-0.2, 0) is 0 Å². The molecular weight excluding hydrogens is 292 g/mol. The van der Waals surface area contributed by atoms with Crippen LogP contribution < -0.4 is 5.32 Å². The van der Waals surface area contributed by atoms with Crippen molar-refractivity contribution in [1.29, 1.82) is 0 Å². The van der Waals surface area contributed by atoms with E-state index in [1.165, 1.54) is 17.7 Å². The van der Waals surface area contributed by atoms with Crippen molar-refractivity contribution < 1.29 is 9.72 Å². The summed E-state index contributed by atoms with van der Waals surface area (Å²) < 4.78 is 0. The van der Waals surface area contributed by atoms with Crippen molar-refractivity contribution in [3.63, 3.8) is 0 Å². The van der Waals surface area contributed by atoms with E-state index in [2.05, 4.69) is 5.32 Å². The highest BCUT2D eigenvalue weighted by Gasteiger charge is 2.17. The number of hydrogen-bond donors (Lipinski definition) is 1. The molecule has 0 spiro atoms. The SMILES string of the molecule is CCC(NC(=O)c1ccc([N+](=O)[O-])c(C)c1)c1ccc(C)cc1. The lowest BCUT2D eigenvalue weighted by Crippen LogP contribution is -2.28. The van der Waals surface area contributed by atoms with E-state index < -0.39 is 4.92 Å². The fourth-order valence-corrected chi connectivity index (χ4v) is 2.46. The number of aryl methyl sites for hydroxylation is 2. The van der Waals surface area contributed by atoms with E-state index in [1.54, 1.807) is 13.0 Å². The van der Waals surface area contributed by atoms with E-state index in [4.69, 9.17) is 0 Å². The number of nitrogens with one attached hydrogen (secondary N) is 1. The second kappa shape index (κ2) is 7.05. The molecule has 0 saturated carbocycles. The van der Waals surface area contributed by atoms with Gasteiger partial charge in [-0.3, -0.25) is 14.9 Å². The normalized spacial score (nSPS) is 11.8. The third kappa shape index (κ3) is 3.94.